The van der Waals surface area contributed by atoms with Crippen LogP contribution in [0.15, 0.2) is 47.4 Å². The predicted octanol–water partition coefficient (Wildman–Crippen LogP) is 1.24. The average molecular weight is 376 g/mol. The van der Waals surface area contributed by atoms with E-state index >= 15 is 0 Å². The third-order valence-electron chi connectivity index (χ3n) is 4.35. The van der Waals surface area contributed by atoms with Gasteiger partial charge in [-0.3, -0.25) is 9.59 Å². The van der Waals surface area contributed by atoms with Gasteiger partial charge in [0, 0.05) is 33.1 Å². The van der Waals surface area contributed by atoms with Crippen molar-refractivity contribution in [1.29, 1.82) is 0 Å². The molecule has 7 nitrogen and oxygen atoms in total. The number of rotatable bonds is 4. The van der Waals surface area contributed by atoms with E-state index in [1.54, 1.807) is 18.2 Å². The third kappa shape index (κ3) is 3.86. The molecule has 0 aliphatic carbocycles. The van der Waals surface area contributed by atoms with Gasteiger partial charge in [-0.15, -0.1) is 0 Å². The molecule has 1 saturated heterocycles. The number of sulfonamides is 1. The van der Waals surface area contributed by atoms with E-state index < -0.39 is 16.0 Å². The standard InChI is InChI=1S/C18H20N2O5S/c1-14(21)25-13-18(22)19-8-10-20(11-9-19)26(23,24)17-7-6-15-4-2-3-5-16(15)12-17/h2-7,12H,8-11,13H2,1H3. The molecule has 8 heteroatoms. The second-order valence-electron chi connectivity index (χ2n) is 6.07. The van der Waals surface area contributed by atoms with Crippen LogP contribution in [0.25, 0.3) is 10.8 Å². The van der Waals surface area contributed by atoms with E-state index in [0.717, 1.165) is 10.8 Å². The molecule has 2 aromatic rings. The molecule has 1 aliphatic rings. The molecule has 138 valence electrons. The first-order valence-corrected chi connectivity index (χ1v) is 9.72. The van der Waals surface area contributed by atoms with Gasteiger partial charge in [0.1, 0.15) is 0 Å². The zero-order chi connectivity index (χ0) is 18.7. The number of hydrogen-bond acceptors (Lipinski definition) is 5. The van der Waals surface area contributed by atoms with Crippen LogP contribution in [0.4, 0.5) is 0 Å². The molecular weight excluding hydrogens is 356 g/mol. The van der Waals surface area contributed by atoms with Crippen molar-refractivity contribution in [3.05, 3.63) is 42.5 Å². The van der Waals surface area contributed by atoms with Crippen LogP contribution in [0, 0.1) is 0 Å². The predicted molar refractivity (Wildman–Crippen MR) is 95.9 cm³/mol. The number of fused-ring (bicyclic) bond motifs is 1. The minimum Gasteiger partial charge on any atom is -0.456 e. The number of nitrogens with zero attached hydrogens (tertiary/aromatic N) is 2. The highest BCUT2D eigenvalue weighted by atomic mass is 32.2. The largest absolute Gasteiger partial charge is 0.456 e. The van der Waals surface area contributed by atoms with E-state index in [-0.39, 0.29) is 43.6 Å². The minimum atomic E-state index is -3.62. The molecule has 0 radical (unpaired) electrons. The SMILES string of the molecule is CC(=O)OCC(=O)N1CCN(S(=O)(=O)c2ccc3ccccc3c2)CC1. The Bertz CT molecular complexity index is 934. The molecule has 2 aromatic carbocycles. The number of ether oxygens (including phenoxy) is 1. The van der Waals surface area contributed by atoms with E-state index in [9.17, 15) is 18.0 Å². The van der Waals surface area contributed by atoms with Crippen LogP contribution in [0.5, 0.6) is 0 Å². The Balaban J connectivity index is 1.69. The zero-order valence-electron chi connectivity index (χ0n) is 14.4. The van der Waals surface area contributed by atoms with Crippen LogP contribution in [0.2, 0.25) is 0 Å². The monoisotopic (exact) mass is 376 g/mol. The van der Waals surface area contributed by atoms with Gasteiger partial charge in [0.25, 0.3) is 5.91 Å². The maximum Gasteiger partial charge on any atom is 0.303 e. The first-order valence-electron chi connectivity index (χ1n) is 8.28. The number of piperazine rings is 1. The van der Waals surface area contributed by atoms with Crippen molar-refractivity contribution in [2.24, 2.45) is 0 Å². The first-order chi connectivity index (χ1) is 12.4. The molecular formula is C18H20N2O5S. The summed E-state index contributed by atoms with van der Waals surface area (Å²) in [6.45, 7) is 1.88. The normalized spacial score (nSPS) is 15.8. The molecule has 0 N–H and O–H groups in total. The second kappa shape index (κ2) is 7.43. The summed E-state index contributed by atoms with van der Waals surface area (Å²) in [5.41, 5.74) is 0. The second-order valence-corrected chi connectivity index (χ2v) is 8.01. The molecule has 0 unspecified atom stereocenters. The molecule has 3 rings (SSSR count). The summed E-state index contributed by atoms with van der Waals surface area (Å²) in [4.78, 5) is 24.5. The minimum absolute atomic E-state index is 0.209. The lowest BCUT2D eigenvalue weighted by molar-refractivity contribution is -0.150. The van der Waals surface area contributed by atoms with E-state index in [0.29, 0.717) is 0 Å². The molecule has 0 saturated carbocycles. The van der Waals surface area contributed by atoms with Crippen LogP contribution < -0.4 is 0 Å². The molecule has 1 amide bonds. The molecule has 0 aromatic heterocycles. The summed E-state index contributed by atoms with van der Waals surface area (Å²) in [6, 6.07) is 12.6. The fourth-order valence-corrected chi connectivity index (χ4v) is 4.37. The van der Waals surface area contributed by atoms with Crippen LogP contribution in [-0.4, -0.2) is 62.3 Å². The van der Waals surface area contributed by atoms with Crippen molar-refractivity contribution in [3.8, 4) is 0 Å². The number of carbonyl (C=O) groups is 2. The average Bonchev–Trinajstić information content (AvgIpc) is 2.65. The number of amides is 1. The summed E-state index contributed by atoms with van der Waals surface area (Å²) in [7, 11) is -3.62. The fraction of sp³-hybridized carbons (Fsp3) is 0.333. The Kier molecular flexibility index (Phi) is 5.24. The smallest absolute Gasteiger partial charge is 0.303 e. The molecule has 26 heavy (non-hydrogen) atoms. The quantitative estimate of drug-likeness (QED) is 0.750. The van der Waals surface area contributed by atoms with E-state index in [4.69, 9.17) is 4.74 Å². The van der Waals surface area contributed by atoms with Crippen molar-refractivity contribution >= 4 is 32.7 Å². The third-order valence-corrected chi connectivity index (χ3v) is 6.24. The molecule has 0 spiro atoms. The maximum absolute atomic E-state index is 12.9. The molecule has 1 heterocycles. The van der Waals surface area contributed by atoms with Crippen molar-refractivity contribution in [2.75, 3.05) is 32.8 Å². The topological polar surface area (TPSA) is 84.0 Å². The molecule has 1 fully saturated rings. The van der Waals surface area contributed by atoms with Crippen molar-refractivity contribution in [3.63, 3.8) is 0 Å². The highest BCUT2D eigenvalue weighted by molar-refractivity contribution is 7.89. The van der Waals surface area contributed by atoms with Gasteiger partial charge < -0.3 is 9.64 Å². The lowest BCUT2D eigenvalue weighted by atomic mass is 10.1. The summed E-state index contributed by atoms with van der Waals surface area (Å²) in [6.07, 6.45) is 0. The van der Waals surface area contributed by atoms with Crippen LogP contribution >= 0.6 is 0 Å². The van der Waals surface area contributed by atoms with Crippen LogP contribution in [-0.2, 0) is 24.3 Å². The Labute approximate surface area is 152 Å². The van der Waals surface area contributed by atoms with E-state index in [1.165, 1.54) is 16.1 Å². The van der Waals surface area contributed by atoms with Crippen molar-refractivity contribution < 1.29 is 22.7 Å². The van der Waals surface area contributed by atoms with Gasteiger partial charge >= 0.3 is 5.97 Å². The first kappa shape index (κ1) is 18.3. The Morgan fingerprint density at radius 2 is 1.65 bits per heavy atom. The summed E-state index contributed by atoms with van der Waals surface area (Å²) < 4.78 is 31.8. The van der Waals surface area contributed by atoms with Crippen LogP contribution in [0.3, 0.4) is 0 Å². The lowest BCUT2D eigenvalue weighted by Gasteiger charge is -2.33. The Morgan fingerprint density at radius 3 is 2.31 bits per heavy atom. The Hall–Kier alpha value is -2.45. The number of carbonyl (C=O) groups excluding carboxylic acids is 2. The molecule has 1 aliphatic heterocycles. The van der Waals surface area contributed by atoms with Gasteiger partial charge in [0.15, 0.2) is 6.61 Å². The van der Waals surface area contributed by atoms with Gasteiger partial charge in [0.05, 0.1) is 4.90 Å². The number of benzene rings is 2. The fourth-order valence-electron chi connectivity index (χ4n) is 2.91. The van der Waals surface area contributed by atoms with Gasteiger partial charge in [-0.05, 0) is 22.9 Å². The molecule has 0 bridgehead atoms. The van der Waals surface area contributed by atoms with E-state index in [1.807, 2.05) is 24.3 Å². The van der Waals surface area contributed by atoms with Crippen LogP contribution in [0.1, 0.15) is 6.92 Å². The zero-order valence-corrected chi connectivity index (χ0v) is 15.2. The highest BCUT2D eigenvalue weighted by Gasteiger charge is 2.30. The lowest BCUT2D eigenvalue weighted by Crippen LogP contribution is -2.51. The van der Waals surface area contributed by atoms with Crippen molar-refractivity contribution in [1.82, 2.24) is 9.21 Å². The number of esters is 1. The maximum atomic E-state index is 12.9. The summed E-state index contributed by atoms with van der Waals surface area (Å²) in [5.74, 6) is -0.834. The summed E-state index contributed by atoms with van der Waals surface area (Å²) in [5, 5.41) is 1.84. The highest BCUT2D eigenvalue weighted by Crippen LogP contribution is 2.22. The Morgan fingerprint density at radius 1 is 1.00 bits per heavy atom. The molecule has 0 atom stereocenters. The van der Waals surface area contributed by atoms with Gasteiger partial charge in [-0.1, -0.05) is 30.3 Å². The van der Waals surface area contributed by atoms with E-state index in [2.05, 4.69) is 0 Å². The van der Waals surface area contributed by atoms with Crippen molar-refractivity contribution in [2.45, 2.75) is 11.8 Å². The van der Waals surface area contributed by atoms with Gasteiger partial charge in [0.2, 0.25) is 10.0 Å². The van der Waals surface area contributed by atoms with Gasteiger partial charge in [-0.2, -0.15) is 4.31 Å². The summed E-state index contributed by atoms with van der Waals surface area (Å²) >= 11 is 0. The number of hydrogen-bond donors (Lipinski definition) is 0. The van der Waals surface area contributed by atoms with Gasteiger partial charge in [-0.25, -0.2) is 8.42 Å².